The maximum Gasteiger partial charge on any atom is 0.352 e. The van der Waals surface area contributed by atoms with E-state index in [4.69, 9.17) is 5.11 Å². The van der Waals surface area contributed by atoms with Gasteiger partial charge in [-0.3, -0.25) is 0 Å². The van der Waals surface area contributed by atoms with Crippen LogP contribution in [0.3, 0.4) is 0 Å². The zero-order valence-corrected chi connectivity index (χ0v) is 16.4. The Morgan fingerprint density at radius 2 is 1.96 bits per heavy atom. The summed E-state index contributed by atoms with van der Waals surface area (Å²) >= 11 is 0.984. The normalized spacial score (nSPS) is 13.1. The average Bonchev–Trinajstić information content (AvgIpc) is 3.30. The quantitative estimate of drug-likeness (QED) is 0.704. The van der Waals surface area contributed by atoms with E-state index in [0.29, 0.717) is 17.4 Å². The van der Waals surface area contributed by atoms with Gasteiger partial charge in [0.25, 0.3) is 0 Å². The van der Waals surface area contributed by atoms with E-state index < -0.39 is 5.97 Å². The minimum atomic E-state index is -1.03. The summed E-state index contributed by atoms with van der Waals surface area (Å²) in [7, 11) is 0. The Bertz CT molecular complexity index is 998. The van der Waals surface area contributed by atoms with Crippen molar-refractivity contribution >= 4 is 17.3 Å². The first-order valence-corrected chi connectivity index (χ1v) is 9.74. The standard InChI is InChI=1S/C12H14N4O3S.C7H7F/c1-7-9(10(17)18)20-11(14-7)15-6-13-16(12(15)19)5-4-8-2-3-8;1-6-2-4-7(8)5-3-6/h6,8H,2-5H2,1H3,(H,17,18);2-5H,1H3. The summed E-state index contributed by atoms with van der Waals surface area (Å²) in [6, 6.07) is 6.40. The predicted molar refractivity (Wildman–Crippen MR) is 104 cm³/mol. The summed E-state index contributed by atoms with van der Waals surface area (Å²) in [5, 5.41) is 13.4. The van der Waals surface area contributed by atoms with Crippen molar-refractivity contribution in [3.05, 3.63) is 63.0 Å². The molecule has 0 aliphatic heterocycles. The van der Waals surface area contributed by atoms with Gasteiger partial charge in [-0.2, -0.15) is 5.10 Å². The molecule has 148 valence electrons. The first-order chi connectivity index (χ1) is 13.3. The summed E-state index contributed by atoms with van der Waals surface area (Å²) in [5.74, 6) is -0.469. The van der Waals surface area contributed by atoms with Crippen molar-refractivity contribution < 1.29 is 14.3 Å². The molecule has 3 aromatic rings. The predicted octanol–water partition coefficient (Wildman–Crippen LogP) is 3.43. The number of thiazole rings is 1. The van der Waals surface area contributed by atoms with E-state index in [2.05, 4.69) is 10.1 Å². The summed E-state index contributed by atoms with van der Waals surface area (Å²) in [6.45, 7) is 4.15. The van der Waals surface area contributed by atoms with Gasteiger partial charge in [0.1, 0.15) is 17.0 Å². The van der Waals surface area contributed by atoms with Crippen LogP contribution in [0.15, 0.2) is 35.4 Å². The SMILES string of the molecule is Cc1ccc(F)cc1.Cc1nc(-n2cnn(CCC3CC3)c2=O)sc1C(=O)O. The molecule has 0 atom stereocenters. The molecule has 1 aromatic carbocycles. The number of carbonyl (C=O) groups is 1. The highest BCUT2D eigenvalue weighted by atomic mass is 32.1. The van der Waals surface area contributed by atoms with Crippen LogP contribution in [0.5, 0.6) is 0 Å². The molecular formula is C19H21FN4O3S. The van der Waals surface area contributed by atoms with Crippen LogP contribution in [0.2, 0.25) is 0 Å². The van der Waals surface area contributed by atoms with Gasteiger partial charge in [-0.05, 0) is 38.3 Å². The van der Waals surface area contributed by atoms with Crippen molar-refractivity contribution in [2.24, 2.45) is 5.92 Å². The van der Waals surface area contributed by atoms with Crippen LogP contribution in [0.1, 0.15) is 40.2 Å². The molecule has 1 fully saturated rings. The van der Waals surface area contributed by atoms with E-state index in [1.54, 1.807) is 19.1 Å². The van der Waals surface area contributed by atoms with E-state index in [1.165, 1.54) is 40.6 Å². The van der Waals surface area contributed by atoms with Crippen LogP contribution in [-0.4, -0.2) is 30.4 Å². The fourth-order valence-corrected chi connectivity index (χ4v) is 3.42. The average molecular weight is 404 g/mol. The molecule has 0 spiro atoms. The van der Waals surface area contributed by atoms with Gasteiger partial charge in [0.2, 0.25) is 0 Å². The van der Waals surface area contributed by atoms with Crippen molar-refractivity contribution in [3.8, 4) is 5.13 Å². The number of hydrogen-bond acceptors (Lipinski definition) is 5. The van der Waals surface area contributed by atoms with Crippen LogP contribution in [0.25, 0.3) is 5.13 Å². The second-order valence-electron chi connectivity index (χ2n) is 6.75. The first-order valence-electron chi connectivity index (χ1n) is 8.93. The van der Waals surface area contributed by atoms with Gasteiger partial charge in [0.05, 0.1) is 5.69 Å². The number of aromatic nitrogens is 4. The molecule has 1 aliphatic carbocycles. The largest absolute Gasteiger partial charge is 0.477 e. The van der Waals surface area contributed by atoms with Gasteiger partial charge in [0, 0.05) is 6.54 Å². The van der Waals surface area contributed by atoms with Crippen molar-refractivity contribution in [2.75, 3.05) is 0 Å². The molecule has 7 nitrogen and oxygen atoms in total. The maximum atomic E-state index is 12.2. The second kappa shape index (κ2) is 8.47. The number of halogens is 1. The molecule has 0 bridgehead atoms. The number of carboxylic acid groups (broad SMARTS) is 1. The summed E-state index contributed by atoms with van der Waals surface area (Å²) in [6.07, 6.45) is 4.85. The van der Waals surface area contributed by atoms with Gasteiger partial charge >= 0.3 is 11.7 Å². The van der Waals surface area contributed by atoms with Crippen LogP contribution >= 0.6 is 11.3 Å². The monoisotopic (exact) mass is 404 g/mol. The Morgan fingerprint density at radius 1 is 1.29 bits per heavy atom. The topological polar surface area (TPSA) is 90.0 Å². The Kier molecular flexibility index (Phi) is 6.03. The van der Waals surface area contributed by atoms with Crippen molar-refractivity contribution in [1.82, 2.24) is 19.3 Å². The molecule has 9 heteroatoms. The highest BCUT2D eigenvalue weighted by molar-refractivity contribution is 7.16. The van der Waals surface area contributed by atoms with Crippen molar-refractivity contribution in [2.45, 2.75) is 39.7 Å². The van der Waals surface area contributed by atoms with Crippen LogP contribution in [0, 0.1) is 25.6 Å². The van der Waals surface area contributed by atoms with E-state index in [0.717, 1.165) is 29.2 Å². The third-order valence-corrected chi connectivity index (χ3v) is 5.52. The van der Waals surface area contributed by atoms with Crippen molar-refractivity contribution in [3.63, 3.8) is 0 Å². The highest BCUT2D eigenvalue weighted by Crippen LogP contribution is 2.32. The molecule has 2 heterocycles. The molecule has 1 N–H and O–H groups in total. The minimum Gasteiger partial charge on any atom is -0.477 e. The summed E-state index contributed by atoms with van der Waals surface area (Å²) in [4.78, 5) is 27.5. The van der Waals surface area contributed by atoms with Gasteiger partial charge in [0.15, 0.2) is 5.13 Å². The molecular weight excluding hydrogens is 383 g/mol. The molecule has 0 radical (unpaired) electrons. The number of benzene rings is 1. The van der Waals surface area contributed by atoms with Crippen LogP contribution in [-0.2, 0) is 6.54 Å². The zero-order chi connectivity index (χ0) is 20.3. The lowest BCUT2D eigenvalue weighted by Gasteiger charge is -1.97. The lowest BCUT2D eigenvalue weighted by molar-refractivity contribution is 0.0701. The van der Waals surface area contributed by atoms with Gasteiger partial charge in [-0.15, -0.1) is 0 Å². The molecule has 1 aliphatic rings. The number of hydrogen-bond donors (Lipinski definition) is 1. The molecule has 4 rings (SSSR count). The van der Waals surface area contributed by atoms with Gasteiger partial charge in [-0.25, -0.2) is 28.2 Å². The third kappa shape index (κ3) is 4.92. The van der Waals surface area contributed by atoms with Crippen molar-refractivity contribution in [1.29, 1.82) is 0 Å². The molecule has 2 aromatic heterocycles. The number of carboxylic acids is 1. The van der Waals surface area contributed by atoms with Gasteiger partial charge < -0.3 is 5.11 Å². The minimum absolute atomic E-state index is 0.151. The number of aromatic carboxylic acids is 1. The van der Waals surface area contributed by atoms with Crippen LogP contribution in [0.4, 0.5) is 4.39 Å². The van der Waals surface area contributed by atoms with E-state index in [9.17, 15) is 14.0 Å². The number of aryl methyl sites for hydroxylation is 3. The lowest BCUT2D eigenvalue weighted by Crippen LogP contribution is -2.24. The molecule has 0 amide bonds. The highest BCUT2D eigenvalue weighted by Gasteiger charge is 2.22. The fraction of sp³-hybridized carbons (Fsp3) is 0.368. The first kappa shape index (κ1) is 19.9. The Morgan fingerprint density at radius 3 is 2.50 bits per heavy atom. The fourth-order valence-electron chi connectivity index (χ4n) is 2.55. The summed E-state index contributed by atoms with van der Waals surface area (Å²) in [5.41, 5.74) is 1.23. The molecule has 28 heavy (non-hydrogen) atoms. The summed E-state index contributed by atoms with van der Waals surface area (Å²) < 4.78 is 14.8. The third-order valence-electron chi connectivity index (χ3n) is 4.38. The number of rotatable bonds is 5. The zero-order valence-electron chi connectivity index (χ0n) is 15.6. The smallest absolute Gasteiger partial charge is 0.352 e. The second-order valence-corrected chi connectivity index (χ2v) is 7.73. The molecule has 0 unspecified atom stereocenters. The molecule has 0 saturated heterocycles. The number of nitrogens with zero attached hydrogens (tertiary/aromatic N) is 4. The van der Waals surface area contributed by atoms with E-state index in [-0.39, 0.29) is 16.4 Å². The van der Waals surface area contributed by atoms with E-state index >= 15 is 0 Å². The Hall–Kier alpha value is -2.81. The van der Waals surface area contributed by atoms with Gasteiger partial charge in [-0.1, -0.05) is 41.9 Å². The van der Waals surface area contributed by atoms with Crippen LogP contribution < -0.4 is 5.69 Å². The maximum absolute atomic E-state index is 12.2. The van der Waals surface area contributed by atoms with E-state index in [1.807, 2.05) is 6.92 Å². The molecule has 1 saturated carbocycles. The Balaban J connectivity index is 0.000000236. The Labute approximate surface area is 165 Å². The lowest BCUT2D eigenvalue weighted by atomic mass is 10.2.